The van der Waals surface area contributed by atoms with Gasteiger partial charge < -0.3 is 9.72 Å². The molecule has 3 nitrogen and oxygen atoms in total. The van der Waals surface area contributed by atoms with Crippen molar-refractivity contribution in [3.8, 4) is 28.4 Å². The maximum absolute atomic E-state index is 14.3. The third kappa shape index (κ3) is 2.99. The number of fused-ring (bicyclic) bond motifs is 3. The summed E-state index contributed by atoms with van der Waals surface area (Å²) in [7, 11) is 0. The van der Waals surface area contributed by atoms with Gasteiger partial charge >= 0.3 is 0 Å². The molecular weight excluding hydrogens is 351 g/mol. The maximum atomic E-state index is 14.3. The highest BCUT2D eigenvalue weighted by molar-refractivity contribution is 6.33. The average Bonchev–Trinajstić information content (AvgIpc) is 3.02. The number of nitrogens with zero attached hydrogens (tertiary/aromatic N) is 1. The number of benzene rings is 2. The van der Waals surface area contributed by atoms with Crippen molar-refractivity contribution in [2.75, 3.05) is 0 Å². The maximum Gasteiger partial charge on any atom is 0.145 e. The Morgan fingerprint density at radius 1 is 1.15 bits per heavy atom. The highest BCUT2D eigenvalue weighted by Crippen LogP contribution is 2.45. The minimum Gasteiger partial charge on any atom is -0.481 e. The van der Waals surface area contributed by atoms with Crippen LogP contribution in [-0.2, 0) is 5.60 Å². The van der Waals surface area contributed by atoms with Crippen LogP contribution in [-0.4, -0.2) is 9.97 Å². The molecule has 0 spiro atoms. The van der Waals surface area contributed by atoms with Crippen LogP contribution in [0.4, 0.5) is 4.39 Å². The molecule has 0 unspecified atom stereocenters. The molecule has 2 heterocycles. The summed E-state index contributed by atoms with van der Waals surface area (Å²) < 4.78 is 20.4. The van der Waals surface area contributed by atoms with E-state index in [0.717, 1.165) is 28.3 Å². The quantitative estimate of drug-likeness (QED) is 0.529. The van der Waals surface area contributed by atoms with Crippen LogP contribution in [0.2, 0.25) is 5.02 Å². The van der Waals surface area contributed by atoms with Gasteiger partial charge in [-0.2, -0.15) is 0 Å². The first-order chi connectivity index (χ1) is 12.4. The monoisotopic (exact) mass is 372 g/mol. The van der Waals surface area contributed by atoms with Gasteiger partial charge in [-0.25, -0.2) is 9.37 Å². The number of ether oxygens (including phenoxy) is 1. The van der Waals surface area contributed by atoms with E-state index in [4.69, 9.17) is 16.3 Å². The number of halogens is 2. The fraction of sp³-hybridized carbons (Fsp3) is 0.286. The Morgan fingerprint density at radius 2 is 1.88 bits per heavy atom. The second-order valence-electron chi connectivity index (χ2n) is 6.52. The lowest BCUT2D eigenvalue weighted by molar-refractivity contribution is 0.101. The SMILES string of the molecule is CC.Cc1ccc2c(c1)OC(C)(C)c1[nH]c(-c3c(F)cccc3Cl)nc1-2. The molecule has 0 aliphatic carbocycles. The summed E-state index contributed by atoms with van der Waals surface area (Å²) in [4.78, 5) is 7.87. The van der Waals surface area contributed by atoms with Crippen molar-refractivity contribution >= 4 is 11.6 Å². The lowest BCUT2D eigenvalue weighted by Crippen LogP contribution is -2.29. The highest BCUT2D eigenvalue weighted by Gasteiger charge is 2.36. The Hall–Kier alpha value is -2.33. The van der Waals surface area contributed by atoms with Crippen LogP contribution in [0, 0.1) is 12.7 Å². The van der Waals surface area contributed by atoms with Gasteiger partial charge in [0.05, 0.1) is 22.0 Å². The van der Waals surface area contributed by atoms with Crippen molar-refractivity contribution in [2.24, 2.45) is 0 Å². The van der Waals surface area contributed by atoms with Gasteiger partial charge in [-0.05, 0) is 50.6 Å². The molecule has 0 radical (unpaired) electrons. The van der Waals surface area contributed by atoms with E-state index < -0.39 is 11.4 Å². The summed E-state index contributed by atoms with van der Waals surface area (Å²) in [5, 5.41) is 0.323. The van der Waals surface area contributed by atoms with Crippen LogP contribution in [0.1, 0.15) is 39.0 Å². The first-order valence-electron chi connectivity index (χ1n) is 8.72. The largest absolute Gasteiger partial charge is 0.481 e. The zero-order valence-corrected chi connectivity index (χ0v) is 16.3. The normalized spacial score (nSPS) is 13.8. The predicted octanol–water partition coefficient (Wildman–Crippen LogP) is 6.50. The van der Waals surface area contributed by atoms with Crippen LogP contribution in [0.5, 0.6) is 5.75 Å². The van der Waals surface area contributed by atoms with Gasteiger partial charge in [0, 0.05) is 5.56 Å². The van der Waals surface area contributed by atoms with Crippen molar-refractivity contribution in [3.63, 3.8) is 0 Å². The molecule has 1 N–H and O–H groups in total. The number of hydrogen-bond donors (Lipinski definition) is 1. The standard InChI is InChI=1S/C19H16ClFN2O.C2H6/c1-10-7-8-11-14(9-10)24-19(2,3)17-16(11)22-18(23-17)15-12(20)5-4-6-13(15)21;1-2/h4-9H,1-3H3,(H,22,23);1-2H3. The van der Waals surface area contributed by atoms with Gasteiger partial charge in [-0.15, -0.1) is 0 Å². The summed E-state index contributed by atoms with van der Waals surface area (Å²) in [6, 6.07) is 10.6. The van der Waals surface area contributed by atoms with Crippen LogP contribution >= 0.6 is 11.6 Å². The zero-order valence-electron chi connectivity index (χ0n) is 15.6. The van der Waals surface area contributed by atoms with E-state index in [1.54, 1.807) is 12.1 Å². The van der Waals surface area contributed by atoms with E-state index in [1.165, 1.54) is 6.07 Å². The third-order valence-electron chi connectivity index (χ3n) is 4.26. The van der Waals surface area contributed by atoms with Crippen molar-refractivity contribution in [1.29, 1.82) is 0 Å². The third-order valence-corrected chi connectivity index (χ3v) is 4.58. The van der Waals surface area contributed by atoms with Crippen molar-refractivity contribution in [2.45, 2.75) is 40.2 Å². The summed E-state index contributed by atoms with van der Waals surface area (Å²) in [5.74, 6) is 0.787. The summed E-state index contributed by atoms with van der Waals surface area (Å²) >= 11 is 6.19. The summed E-state index contributed by atoms with van der Waals surface area (Å²) in [5.41, 5.74) is 3.27. The lowest BCUT2D eigenvalue weighted by Gasteiger charge is -2.31. The Labute approximate surface area is 158 Å². The van der Waals surface area contributed by atoms with Crippen LogP contribution < -0.4 is 4.74 Å². The van der Waals surface area contributed by atoms with E-state index in [0.29, 0.717) is 10.8 Å². The van der Waals surface area contributed by atoms with Crippen LogP contribution in [0.15, 0.2) is 36.4 Å². The fourth-order valence-electron chi connectivity index (χ4n) is 3.08. The molecule has 5 heteroatoms. The molecule has 0 fully saturated rings. The zero-order chi connectivity index (χ0) is 19.1. The smallest absolute Gasteiger partial charge is 0.145 e. The highest BCUT2D eigenvalue weighted by atomic mass is 35.5. The van der Waals surface area contributed by atoms with Crippen molar-refractivity contribution < 1.29 is 9.13 Å². The molecule has 0 atom stereocenters. The molecule has 26 heavy (non-hydrogen) atoms. The van der Waals surface area contributed by atoms with Gasteiger partial charge in [-0.1, -0.05) is 37.6 Å². The Kier molecular flexibility index (Phi) is 4.80. The van der Waals surface area contributed by atoms with E-state index in [1.807, 2.05) is 52.8 Å². The number of hydrogen-bond acceptors (Lipinski definition) is 2. The number of rotatable bonds is 1. The molecule has 0 saturated heterocycles. The molecule has 1 aliphatic rings. The number of imidazole rings is 1. The van der Waals surface area contributed by atoms with Gasteiger partial charge in [-0.3, -0.25) is 0 Å². The fourth-order valence-corrected chi connectivity index (χ4v) is 3.33. The molecule has 1 aromatic heterocycles. The van der Waals surface area contributed by atoms with E-state index in [-0.39, 0.29) is 5.56 Å². The molecule has 2 aromatic carbocycles. The van der Waals surface area contributed by atoms with E-state index >= 15 is 0 Å². The number of aryl methyl sites for hydroxylation is 1. The first kappa shape index (κ1) is 18.5. The molecule has 1 aliphatic heterocycles. The second kappa shape index (κ2) is 6.76. The average molecular weight is 373 g/mol. The predicted molar refractivity (Wildman–Crippen MR) is 104 cm³/mol. The number of H-pyrrole nitrogens is 1. The van der Waals surface area contributed by atoms with Crippen molar-refractivity contribution in [1.82, 2.24) is 9.97 Å². The number of aromatic nitrogens is 2. The van der Waals surface area contributed by atoms with Gasteiger partial charge in [0.2, 0.25) is 0 Å². The Bertz CT molecular complexity index is 942. The van der Waals surface area contributed by atoms with E-state index in [9.17, 15) is 4.39 Å². The topological polar surface area (TPSA) is 37.9 Å². The molecule has 3 aromatic rings. The molecular formula is C21H22ClFN2O. The van der Waals surface area contributed by atoms with Crippen LogP contribution in [0.3, 0.4) is 0 Å². The minimum absolute atomic E-state index is 0.276. The summed E-state index contributed by atoms with van der Waals surface area (Å²) in [6.07, 6.45) is 0. The minimum atomic E-state index is -0.598. The number of nitrogens with one attached hydrogen (secondary N) is 1. The first-order valence-corrected chi connectivity index (χ1v) is 9.09. The molecule has 136 valence electrons. The van der Waals surface area contributed by atoms with Crippen molar-refractivity contribution in [3.05, 3.63) is 58.5 Å². The lowest BCUT2D eigenvalue weighted by atomic mass is 9.94. The Morgan fingerprint density at radius 3 is 2.58 bits per heavy atom. The van der Waals surface area contributed by atoms with Gasteiger partial charge in [0.15, 0.2) is 0 Å². The Balaban J connectivity index is 0.000000948. The van der Waals surface area contributed by atoms with Gasteiger partial charge in [0.1, 0.15) is 23.0 Å². The molecule has 0 saturated carbocycles. The number of aromatic amines is 1. The molecule has 4 rings (SSSR count). The van der Waals surface area contributed by atoms with E-state index in [2.05, 4.69) is 9.97 Å². The summed E-state index contributed by atoms with van der Waals surface area (Å²) in [6.45, 7) is 9.94. The molecule has 0 amide bonds. The van der Waals surface area contributed by atoms with Crippen LogP contribution in [0.25, 0.3) is 22.6 Å². The second-order valence-corrected chi connectivity index (χ2v) is 6.92. The van der Waals surface area contributed by atoms with Gasteiger partial charge in [0.25, 0.3) is 0 Å². The molecule has 0 bridgehead atoms.